The van der Waals surface area contributed by atoms with Gasteiger partial charge in [-0.3, -0.25) is 4.79 Å². The zero-order valence-corrected chi connectivity index (χ0v) is 7.80. The van der Waals surface area contributed by atoms with E-state index in [9.17, 15) is 9.59 Å². The van der Waals surface area contributed by atoms with Crippen molar-refractivity contribution in [2.75, 3.05) is 0 Å². The number of hydrogen-bond acceptors (Lipinski definition) is 3. The van der Waals surface area contributed by atoms with E-state index in [0.29, 0.717) is 0 Å². The summed E-state index contributed by atoms with van der Waals surface area (Å²) in [7, 11) is 0. The average Bonchev–Trinajstić information content (AvgIpc) is 2.47. The Morgan fingerprint density at radius 2 is 2.15 bits per heavy atom. The fraction of sp³-hybridized carbons (Fsp3) is 0.111. The van der Waals surface area contributed by atoms with Gasteiger partial charge in [-0.1, -0.05) is 0 Å². The largest absolute Gasteiger partial charge is 0.475 e. The quantitative estimate of drug-likeness (QED) is 0.591. The first-order valence-electron chi connectivity index (χ1n) is 3.61. The van der Waals surface area contributed by atoms with Crippen LogP contribution in [0.1, 0.15) is 9.75 Å². The van der Waals surface area contributed by atoms with Gasteiger partial charge in [0.15, 0.2) is 0 Å². The monoisotopic (exact) mass is 196 g/mol. The SMILES string of the molecule is Cc1ccc(/C=C/C(=O)C(=O)O)s1. The Morgan fingerprint density at radius 3 is 2.62 bits per heavy atom. The van der Waals surface area contributed by atoms with Crippen molar-refractivity contribution in [1.29, 1.82) is 0 Å². The Hall–Kier alpha value is -1.42. The smallest absolute Gasteiger partial charge is 0.376 e. The maximum absolute atomic E-state index is 10.6. The summed E-state index contributed by atoms with van der Waals surface area (Å²) in [6.45, 7) is 1.95. The molecule has 0 aliphatic carbocycles. The molecule has 1 rings (SSSR count). The third kappa shape index (κ3) is 2.83. The van der Waals surface area contributed by atoms with Gasteiger partial charge in [-0.25, -0.2) is 4.79 Å². The second-order valence-electron chi connectivity index (χ2n) is 2.45. The lowest BCUT2D eigenvalue weighted by Gasteiger charge is -1.83. The zero-order valence-electron chi connectivity index (χ0n) is 6.98. The van der Waals surface area contributed by atoms with E-state index in [1.54, 1.807) is 0 Å². The molecule has 0 fully saturated rings. The first-order chi connectivity index (χ1) is 6.09. The van der Waals surface area contributed by atoms with Crippen LogP contribution in [-0.4, -0.2) is 16.9 Å². The van der Waals surface area contributed by atoms with E-state index in [2.05, 4.69) is 0 Å². The molecule has 0 spiro atoms. The highest BCUT2D eigenvalue weighted by molar-refractivity contribution is 7.12. The minimum absolute atomic E-state index is 0.882. The summed E-state index contributed by atoms with van der Waals surface area (Å²) in [5.74, 6) is -2.32. The highest BCUT2D eigenvalue weighted by Gasteiger charge is 2.05. The van der Waals surface area contributed by atoms with Crippen molar-refractivity contribution in [2.24, 2.45) is 0 Å². The van der Waals surface area contributed by atoms with Crippen molar-refractivity contribution in [2.45, 2.75) is 6.92 Å². The molecule has 3 nitrogen and oxygen atoms in total. The Kier molecular flexibility index (Phi) is 2.97. The van der Waals surface area contributed by atoms with Crippen molar-refractivity contribution >= 4 is 29.2 Å². The second kappa shape index (κ2) is 4.00. The van der Waals surface area contributed by atoms with Crippen molar-refractivity contribution in [3.8, 4) is 0 Å². The number of aliphatic carboxylic acids is 1. The number of carbonyl (C=O) groups excluding carboxylic acids is 1. The fourth-order valence-electron chi connectivity index (χ4n) is 0.772. The van der Waals surface area contributed by atoms with Crippen LogP contribution in [0.5, 0.6) is 0 Å². The minimum atomic E-state index is -1.43. The van der Waals surface area contributed by atoms with Gasteiger partial charge in [-0.05, 0) is 31.2 Å². The van der Waals surface area contributed by atoms with E-state index in [4.69, 9.17) is 5.11 Å². The predicted molar refractivity (Wildman–Crippen MR) is 50.7 cm³/mol. The lowest BCUT2D eigenvalue weighted by atomic mass is 10.3. The van der Waals surface area contributed by atoms with Crippen molar-refractivity contribution < 1.29 is 14.7 Å². The summed E-state index contributed by atoms with van der Waals surface area (Å²) in [6, 6.07) is 3.75. The third-order valence-corrected chi connectivity index (χ3v) is 2.34. The number of rotatable bonds is 3. The van der Waals surface area contributed by atoms with Gasteiger partial charge in [0.2, 0.25) is 0 Å². The zero-order chi connectivity index (χ0) is 9.84. The van der Waals surface area contributed by atoms with Gasteiger partial charge in [0.25, 0.3) is 5.78 Å². The normalized spacial score (nSPS) is 10.5. The van der Waals surface area contributed by atoms with E-state index in [-0.39, 0.29) is 0 Å². The molecule has 0 aliphatic rings. The Balaban J connectivity index is 2.69. The molecule has 0 atom stereocenters. The summed E-state index contributed by atoms with van der Waals surface area (Å²) in [6.07, 6.45) is 2.57. The molecule has 1 aromatic heterocycles. The molecule has 68 valence electrons. The molecule has 1 aromatic rings. The average molecular weight is 196 g/mol. The van der Waals surface area contributed by atoms with E-state index < -0.39 is 11.8 Å². The highest BCUT2D eigenvalue weighted by atomic mass is 32.1. The summed E-state index contributed by atoms with van der Waals surface area (Å²) in [4.78, 5) is 22.8. The maximum Gasteiger partial charge on any atom is 0.376 e. The molecule has 1 heterocycles. The molecule has 0 saturated heterocycles. The van der Waals surface area contributed by atoms with Crippen molar-refractivity contribution in [3.05, 3.63) is 28.0 Å². The number of ketones is 1. The standard InChI is InChI=1S/C9H8O3S/c1-6-2-3-7(13-6)4-5-8(10)9(11)12/h2-5H,1H3,(H,11,12)/b5-4+. The minimum Gasteiger partial charge on any atom is -0.475 e. The lowest BCUT2D eigenvalue weighted by Crippen LogP contribution is -2.08. The van der Waals surface area contributed by atoms with Crippen molar-refractivity contribution in [1.82, 2.24) is 0 Å². The van der Waals surface area contributed by atoms with Gasteiger partial charge >= 0.3 is 5.97 Å². The van der Waals surface area contributed by atoms with Crippen LogP contribution < -0.4 is 0 Å². The van der Waals surface area contributed by atoms with Crippen molar-refractivity contribution in [3.63, 3.8) is 0 Å². The summed E-state index contributed by atoms with van der Waals surface area (Å²) in [5, 5.41) is 8.27. The maximum atomic E-state index is 10.6. The molecule has 0 radical (unpaired) electrons. The molecule has 4 heteroatoms. The van der Waals surface area contributed by atoms with E-state index in [0.717, 1.165) is 15.8 Å². The number of carboxylic acids is 1. The van der Waals surface area contributed by atoms with E-state index in [1.807, 2.05) is 19.1 Å². The van der Waals surface area contributed by atoms with Gasteiger partial charge in [0, 0.05) is 9.75 Å². The van der Waals surface area contributed by atoms with Crippen LogP contribution in [0.15, 0.2) is 18.2 Å². The molecular formula is C9H8O3S. The third-order valence-electron chi connectivity index (χ3n) is 1.37. The molecule has 0 aromatic carbocycles. The van der Waals surface area contributed by atoms with Crippen LogP contribution in [-0.2, 0) is 9.59 Å². The molecular weight excluding hydrogens is 188 g/mol. The summed E-state index contributed by atoms with van der Waals surface area (Å²) >= 11 is 1.51. The lowest BCUT2D eigenvalue weighted by molar-refractivity contribution is -0.146. The Morgan fingerprint density at radius 1 is 1.46 bits per heavy atom. The molecule has 1 N–H and O–H groups in total. The number of carbonyl (C=O) groups is 2. The molecule has 13 heavy (non-hydrogen) atoms. The molecule has 0 amide bonds. The number of aryl methyl sites for hydroxylation is 1. The van der Waals surface area contributed by atoms with Gasteiger partial charge in [-0.15, -0.1) is 11.3 Å². The van der Waals surface area contributed by atoms with E-state index in [1.165, 1.54) is 17.4 Å². The number of carboxylic acid groups (broad SMARTS) is 1. The highest BCUT2D eigenvalue weighted by Crippen LogP contribution is 2.16. The fourth-order valence-corrected chi connectivity index (χ4v) is 1.55. The predicted octanol–water partition coefficient (Wildman–Crippen LogP) is 1.72. The first kappa shape index (κ1) is 9.67. The van der Waals surface area contributed by atoms with Crippen LogP contribution in [0.3, 0.4) is 0 Å². The molecule has 0 unspecified atom stereocenters. The Bertz CT molecular complexity index is 363. The summed E-state index contributed by atoms with van der Waals surface area (Å²) < 4.78 is 0. The van der Waals surface area contributed by atoms with Crippen LogP contribution in [0.4, 0.5) is 0 Å². The van der Waals surface area contributed by atoms with Gasteiger partial charge in [-0.2, -0.15) is 0 Å². The van der Waals surface area contributed by atoms with Crippen LogP contribution in [0.25, 0.3) is 6.08 Å². The number of hydrogen-bond donors (Lipinski definition) is 1. The number of thiophene rings is 1. The van der Waals surface area contributed by atoms with Crippen LogP contribution in [0, 0.1) is 6.92 Å². The summed E-state index contributed by atoms with van der Waals surface area (Å²) in [5.41, 5.74) is 0. The van der Waals surface area contributed by atoms with Gasteiger partial charge < -0.3 is 5.11 Å². The molecule has 0 aliphatic heterocycles. The van der Waals surface area contributed by atoms with Crippen LogP contribution in [0.2, 0.25) is 0 Å². The molecule has 0 saturated carbocycles. The molecule has 0 bridgehead atoms. The van der Waals surface area contributed by atoms with Gasteiger partial charge in [0.1, 0.15) is 0 Å². The van der Waals surface area contributed by atoms with E-state index >= 15 is 0 Å². The first-order valence-corrected chi connectivity index (χ1v) is 4.43. The van der Waals surface area contributed by atoms with Crippen LogP contribution >= 0.6 is 11.3 Å². The topological polar surface area (TPSA) is 54.4 Å². The van der Waals surface area contributed by atoms with Gasteiger partial charge in [0.05, 0.1) is 0 Å². The Labute approximate surface area is 79.3 Å². The second-order valence-corrected chi connectivity index (χ2v) is 3.77.